The molecule has 30 heavy (non-hydrogen) atoms. The van der Waals surface area contributed by atoms with Gasteiger partial charge in [-0.3, -0.25) is 4.79 Å². The van der Waals surface area contributed by atoms with Crippen LogP contribution < -0.4 is 0 Å². The van der Waals surface area contributed by atoms with E-state index in [2.05, 4.69) is 24.8 Å². The van der Waals surface area contributed by atoms with E-state index < -0.39 is 0 Å². The lowest BCUT2D eigenvalue weighted by atomic mass is 9.94. The van der Waals surface area contributed by atoms with Crippen molar-refractivity contribution in [1.29, 1.82) is 0 Å². The van der Waals surface area contributed by atoms with Crippen molar-refractivity contribution in [3.8, 4) is 12.8 Å². The topological polar surface area (TPSA) is 49.8 Å². The number of carbonyl (C=O) groups is 1. The number of rotatable bonds is 6. The van der Waals surface area contributed by atoms with Crippen LogP contribution in [-0.4, -0.2) is 48.3 Å². The quantitative estimate of drug-likeness (QED) is 0.306. The summed E-state index contributed by atoms with van der Waals surface area (Å²) in [6, 6.07) is 9.62. The fourth-order valence-electron chi connectivity index (χ4n) is 2.44. The third kappa shape index (κ3) is 17.7. The zero-order valence-corrected chi connectivity index (χ0v) is 19.5. The fraction of sp³-hybridized carbons (Fsp3) is 0.500. The van der Waals surface area contributed by atoms with Crippen molar-refractivity contribution in [1.82, 2.24) is 4.90 Å². The summed E-state index contributed by atoms with van der Waals surface area (Å²) in [7, 11) is 2.09. The predicted octanol–water partition coefficient (Wildman–Crippen LogP) is 5.03. The highest BCUT2D eigenvalue weighted by molar-refractivity contribution is 5.72. The van der Waals surface area contributed by atoms with Crippen LogP contribution in [0.5, 0.6) is 0 Å². The van der Waals surface area contributed by atoms with Crippen molar-refractivity contribution in [2.45, 2.75) is 59.0 Å². The van der Waals surface area contributed by atoms with Crippen LogP contribution in [-0.2, 0) is 16.0 Å². The number of nitrogens with zero attached hydrogens (tertiary/aromatic N) is 1. The van der Waals surface area contributed by atoms with Crippen LogP contribution in [0.4, 0.5) is 0 Å². The average molecular weight is 416 g/mol. The van der Waals surface area contributed by atoms with Gasteiger partial charge in [-0.25, -0.2) is 0 Å². The third-order valence-electron chi connectivity index (χ3n) is 4.24. The highest BCUT2D eigenvalue weighted by Crippen LogP contribution is 2.19. The van der Waals surface area contributed by atoms with E-state index in [0.29, 0.717) is 13.0 Å². The Hall–Kier alpha value is -2.35. The van der Waals surface area contributed by atoms with Gasteiger partial charge in [0.05, 0.1) is 18.6 Å². The first kappa shape index (κ1) is 29.8. The molecule has 0 aliphatic carbocycles. The molecule has 0 bridgehead atoms. The van der Waals surface area contributed by atoms with Crippen LogP contribution in [0, 0.1) is 12.8 Å². The van der Waals surface area contributed by atoms with Gasteiger partial charge in [0.15, 0.2) is 0 Å². The molecule has 1 saturated heterocycles. The first-order valence-electron chi connectivity index (χ1n) is 10.6. The van der Waals surface area contributed by atoms with Gasteiger partial charge in [-0.1, -0.05) is 68.5 Å². The summed E-state index contributed by atoms with van der Waals surface area (Å²) in [6.07, 6.45) is 18.8. The molecule has 1 aromatic carbocycles. The Kier molecular flexibility index (Phi) is 19.8. The monoisotopic (exact) mass is 415 g/mol. The molecule has 2 rings (SSSR count). The summed E-state index contributed by atoms with van der Waals surface area (Å²) in [4.78, 5) is 13.7. The number of aliphatic hydroxyl groups is 1. The molecule has 4 nitrogen and oxygen atoms in total. The van der Waals surface area contributed by atoms with Crippen molar-refractivity contribution < 1.29 is 14.6 Å². The van der Waals surface area contributed by atoms with E-state index in [1.165, 1.54) is 0 Å². The van der Waals surface area contributed by atoms with Crippen LogP contribution in [0.2, 0.25) is 0 Å². The molecular formula is C26H41NO3. The Morgan fingerprint density at radius 2 is 1.73 bits per heavy atom. The second-order valence-corrected chi connectivity index (χ2v) is 6.93. The Bertz CT molecular complexity index is 593. The van der Waals surface area contributed by atoms with E-state index >= 15 is 0 Å². The first-order valence-corrected chi connectivity index (χ1v) is 10.6. The Morgan fingerprint density at radius 1 is 1.17 bits per heavy atom. The lowest BCUT2D eigenvalue weighted by Crippen LogP contribution is -2.40. The van der Waals surface area contributed by atoms with Crippen molar-refractivity contribution in [2.75, 3.05) is 26.7 Å². The van der Waals surface area contributed by atoms with E-state index in [0.717, 1.165) is 37.9 Å². The van der Waals surface area contributed by atoms with E-state index in [4.69, 9.17) is 4.74 Å². The molecule has 1 heterocycles. The van der Waals surface area contributed by atoms with Crippen LogP contribution in [0.1, 0.15) is 52.5 Å². The molecule has 4 heteroatoms. The van der Waals surface area contributed by atoms with Gasteiger partial charge in [0, 0.05) is 13.1 Å². The van der Waals surface area contributed by atoms with Gasteiger partial charge in [-0.15, -0.1) is 12.8 Å². The van der Waals surface area contributed by atoms with Gasteiger partial charge in [0.2, 0.25) is 0 Å². The Balaban J connectivity index is 0. The molecular weight excluding hydrogens is 374 g/mol. The summed E-state index contributed by atoms with van der Waals surface area (Å²) < 4.78 is 5.11. The number of likely N-dealkylation sites (tertiary alicyclic amines) is 1. The number of carbonyl (C=O) groups excluding carboxylic acids is 1. The highest BCUT2D eigenvalue weighted by atomic mass is 16.5. The maximum atomic E-state index is 11.4. The molecule has 168 valence electrons. The maximum Gasteiger partial charge on any atom is 0.310 e. The van der Waals surface area contributed by atoms with Crippen molar-refractivity contribution in [2.24, 2.45) is 0 Å². The smallest absolute Gasteiger partial charge is 0.310 e. The predicted molar refractivity (Wildman–Crippen MR) is 128 cm³/mol. The van der Waals surface area contributed by atoms with Crippen LogP contribution >= 0.6 is 0 Å². The van der Waals surface area contributed by atoms with Crippen LogP contribution in [0.15, 0.2) is 54.6 Å². The molecule has 1 fully saturated rings. The van der Waals surface area contributed by atoms with Crippen molar-refractivity contribution in [3.05, 3.63) is 60.2 Å². The minimum absolute atomic E-state index is 0.171. The highest BCUT2D eigenvalue weighted by Gasteiger charge is 2.24. The Labute approximate surface area is 184 Å². The molecule has 0 aromatic heterocycles. The number of hydrogen-bond donors (Lipinski definition) is 1. The largest absolute Gasteiger partial charge is 0.465 e. The summed E-state index contributed by atoms with van der Waals surface area (Å²) >= 11 is 0. The molecule has 1 aliphatic rings. The number of terminal acetylenes is 1. The van der Waals surface area contributed by atoms with E-state index in [1.807, 2.05) is 82.3 Å². The van der Waals surface area contributed by atoms with E-state index in [9.17, 15) is 9.90 Å². The van der Waals surface area contributed by atoms with Crippen molar-refractivity contribution in [3.63, 3.8) is 0 Å². The van der Waals surface area contributed by atoms with Crippen LogP contribution in [0.3, 0.4) is 0 Å². The number of ether oxygens (including phenoxy) is 1. The molecule has 1 aromatic rings. The molecule has 0 spiro atoms. The van der Waals surface area contributed by atoms with Gasteiger partial charge < -0.3 is 14.7 Å². The summed E-state index contributed by atoms with van der Waals surface area (Å²) in [5, 5.41) is 9.47. The lowest BCUT2D eigenvalue weighted by molar-refractivity contribution is -0.142. The number of esters is 1. The lowest BCUT2D eigenvalue weighted by Gasteiger charge is -2.33. The first-order chi connectivity index (χ1) is 14.4. The SMILES string of the molecule is C#C.C/C=C\C=C/CCOC(=O)Cc1ccccc1.CC.CN1CCC(C)(O)CC1. The fourth-order valence-corrected chi connectivity index (χ4v) is 2.44. The molecule has 0 saturated carbocycles. The van der Waals surface area contributed by atoms with Gasteiger partial charge in [-0.05, 0) is 45.7 Å². The molecule has 1 aliphatic heterocycles. The summed E-state index contributed by atoms with van der Waals surface area (Å²) in [5.74, 6) is -0.171. The zero-order valence-electron chi connectivity index (χ0n) is 19.5. The van der Waals surface area contributed by atoms with Gasteiger partial charge >= 0.3 is 5.97 Å². The van der Waals surface area contributed by atoms with Gasteiger partial charge in [-0.2, -0.15) is 0 Å². The van der Waals surface area contributed by atoms with Gasteiger partial charge in [0.1, 0.15) is 0 Å². The Morgan fingerprint density at radius 3 is 2.23 bits per heavy atom. The second kappa shape index (κ2) is 19.9. The number of piperidine rings is 1. The molecule has 0 radical (unpaired) electrons. The molecule has 0 amide bonds. The molecule has 0 atom stereocenters. The maximum absolute atomic E-state index is 11.4. The van der Waals surface area contributed by atoms with Crippen molar-refractivity contribution >= 4 is 5.97 Å². The minimum atomic E-state index is -0.382. The minimum Gasteiger partial charge on any atom is -0.465 e. The van der Waals surface area contributed by atoms with E-state index in [-0.39, 0.29) is 11.6 Å². The summed E-state index contributed by atoms with van der Waals surface area (Å²) in [6.45, 7) is 10.4. The summed E-state index contributed by atoms with van der Waals surface area (Å²) in [5.41, 5.74) is 0.605. The molecule has 0 unspecified atom stereocenters. The van der Waals surface area contributed by atoms with E-state index in [1.54, 1.807) is 0 Å². The average Bonchev–Trinajstić information content (AvgIpc) is 2.77. The molecule has 1 N–H and O–H groups in total. The number of hydrogen-bond acceptors (Lipinski definition) is 4. The van der Waals surface area contributed by atoms with Crippen LogP contribution in [0.25, 0.3) is 0 Å². The number of benzene rings is 1. The zero-order chi connectivity index (χ0) is 23.3. The standard InChI is InChI=1S/C15H18O2.C7H15NO.C2H6.C2H2/c1-2-3-4-5-9-12-17-15(16)13-14-10-7-6-8-11-14;1-7(9)3-5-8(2)6-4-7;2*1-2/h2-8,10-11H,9,12-13H2,1H3;9H,3-6H2,1-2H3;1-2H3;1-2H/b3-2-,5-4-;;;. The third-order valence-corrected chi connectivity index (χ3v) is 4.24. The normalized spacial score (nSPS) is 15.1. The van der Waals surface area contributed by atoms with Gasteiger partial charge in [0.25, 0.3) is 0 Å². The second-order valence-electron chi connectivity index (χ2n) is 6.93. The number of allylic oxidation sites excluding steroid dienone is 3.